The molecule has 0 saturated carbocycles. The SMILES string of the molecule is O=c1n(C2CCOCC2)nc2ccc3c(n12)CCN3. The summed E-state index contributed by atoms with van der Waals surface area (Å²) in [5, 5.41) is 7.79. The highest BCUT2D eigenvalue weighted by Gasteiger charge is 2.23. The first-order valence-corrected chi connectivity index (χ1v) is 6.79. The van der Waals surface area contributed by atoms with Crippen molar-refractivity contribution in [3.05, 3.63) is 28.3 Å². The van der Waals surface area contributed by atoms with E-state index in [1.807, 2.05) is 12.1 Å². The van der Waals surface area contributed by atoms with Gasteiger partial charge in [-0.2, -0.15) is 0 Å². The summed E-state index contributed by atoms with van der Waals surface area (Å²) in [7, 11) is 0. The Hall–Kier alpha value is -1.82. The van der Waals surface area contributed by atoms with E-state index in [4.69, 9.17) is 4.74 Å². The molecule has 0 amide bonds. The van der Waals surface area contributed by atoms with Gasteiger partial charge in [-0.15, -0.1) is 5.10 Å². The van der Waals surface area contributed by atoms with Crippen LogP contribution in [0.25, 0.3) is 5.65 Å². The Morgan fingerprint density at radius 3 is 3.00 bits per heavy atom. The molecule has 2 aliphatic heterocycles. The van der Waals surface area contributed by atoms with Crippen LogP contribution in [-0.4, -0.2) is 33.9 Å². The van der Waals surface area contributed by atoms with Crippen LogP contribution in [0.2, 0.25) is 0 Å². The number of pyridine rings is 1. The molecule has 1 N–H and O–H groups in total. The third-order valence-electron chi connectivity index (χ3n) is 4.02. The first-order chi connectivity index (χ1) is 9.34. The minimum absolute atomic E-state index is 0.0116. The molecular weight excluding hydrogens is 244 g/mol. The van der Waals surface area contributed by atoms with Gasteiger partial charge < -0.3 is 10.1 Å². The van der Waals surface area contributed by atoms with Crippen LogP contribution in [0.3, 0.4) is 0 Å². The molecule has 19 heavy (non-hydrogen) atoms. The molecule has 0 aliphatic carbocycles. The molecule has 1 saturated heterocycles. The highest BCUT2D eigenvalue weighted by Crippen LogP contribution is 2.23. The number of hydrogen-bond acceptors (Lipinski definition) is 4. The number of anilines is 1. The summed E-state index contributed by atoms with van der Waals surface area (Å²) in [5.41, 5.74) is 2.85. The van der Waals surface area contributed by atoms with Gasteiger partial charge in [-0.3, -0.25) is 0 Å². The van der Waals surface area contributed by atoms with Crippen LogP contribution in [0, 0.1) is 0 Å². The molecule has 100 valence electrons. The summed E-state index contributed by atoms with van der Waals surface area (Å²) in [6.45, 7) is 2.32. The minimum Gasteiger partial charge on any atom is -0.383 e. The number of ether oxygens (including phenoxy) is 1. The zero-order chi connectivity index (χ0) is 12.8. The van der Waals surface area contributed by atoms with E-state index in [0.717, 1.165) is 42.8 Å². The van der Waals surface area contributed by atoms with Crippen LogP contribution >= 0.6 is 0 Å². The zero-order valence-electron chi connectivity index (χ0n) is 10.6. The molecule has 2 aromatic heterocycles. The van der Waals surface area contributed by atoms with E-state index in [1.54, 1.807) is 9.08 Å². The van der Waals surface area contributed by atoms with E-state index in [1.165, 1.54) is 0 Å². The van der Waals surface area contributed by atoms with Crippen LogP contribution in [-0.2, 0) is 11.2 Å². The molecule has 6 nitrogen and oxygen atoms in total. The fraction of sp³-hybridized carbons (Fsp3) is 0.538. The molecule has 4 heterocycles. The monoisotopic (exact) mass is 260 g/mol. The van der Waals surface area contributed by atoms with Crippen molar-refractivity contribution >= 4 is 11.3 Å². The van der Waals surface area contributed by atoms with Crippen molar-refractivity contribution in [2.24, 2.45) is 0 Å². The Kier molecular flexibility index (Phi) is 2.38. The van der Waals surface area contributed by atoms with E-state index in [9.17, 15) is 4.79 Å². The van der Waals surface area contributed by atoms with Gasteiger partial charge in [0.05, 0.1) is 17.4 Å². The van der Waals surface area contributed by atoms with Crippen LogP contribution in [0.1, 0.15) is 24.6 Å². The van der Waals surface area contributed by atoms with Crippen LogP contribution in [0.5, 0.6) is 0 Å². The first-order valence-electron chi connectivity index (χ1n) is 6.79. The molecule has 4 rings (SSSR count). The van der Waals surface area contributed by atoms with E-state index in [0.29, 0.717) is 13.2 Å². The predicted octanol–water partition coefficient (Wildman–Crippen LogP) is 0.815. The second-order valence-corrected chi connectivity index (χ2v) is 5.13. The second-order valence-electron chi connectivity index (χ2n) is 5.13. The number of aromatic nitrogens is 3. The molecule has 0 unspecified atom stereocenters. The highest BCUT2D eigenvalue weighted by atomic mass is 16.5. The maximum absolute atomic E-state index is 12.6. The number of nitrogens with one attached hydrogen (secondary N) is 1. The van der Waals surface area contributed by atoms with Crippen molar-refractivity contribution in [2.45, 2.75) is 25.3 Å². The zero-order valence-corrected chi connectivity index (χ0v) is 10.6. The van der Waals surface area contributed by atoms with Gasteiger partial charge in [-0.05, 0) is 25.0 Å². The lowest BCUT2D eigenvalue weighted by molar-refractivity contribution is 0.0652. The highest BCUT2D eigenvalue weighted by molar-refractivity contribution is 5.58. The van der Waals surface area contributed by atoms with E-state index in [-0.39, 0.29) is 11.7 Å². The maximum atomic E-state index is 12.6. The van der Waals surface area contributed by atoms with Crippen molar-refractivity contribution < 1.29 is 4.74 Å². The first kappa shape index (κ1) is 11.0. The number of hydrogen-bond donors (Lipinski definition) is 1. The van der Waals surface area contributed by atoms with E-state index < -0.39 is 0 Å². The largest absolute Gasteiger partial charge is 0.383 e. The minimum atomic E-state index is -0.0116. The topological polar surface area (TPSA) is 60.6 Å². The van der Waals surface area contributed by atoms with Gasteiger partial charge in [0, 0.05) is 26.2 Å². The Morgan fingerprint density at radius 2 is 2.16 bits per heavy atom. The summed E-state index contributed by atoms with van der Waals surface area (Å²) in [5.74, 6) is 0. The van der Waals surface area contributed by atoms with Crippen molar-refractivity contribution in [2.75, 3.05) is 25.1 Å². The van der Waals surface area contributed by atoms with Gasteiger partial charge >= 0.3 is 5.69 Å². The van der Waals surface area contributed by atoms with Gasteiger partial charge in [-0.1, -0.05) is 0 Å². The lowest BCUT2D eigenvalue weighted by atomic mass is 10.1. The predicted molar refractivity (Wildman–Crippen MR) is 70.7 cm³/mol. The average molecular weight is 260 g/mol. The summed E-state index contributed by atoms with van der Waals surface area (Å²) >= 11 is 0. The number of nitrogens with zero attached hydrogens (tertiary/aromatic N) is 3. The summed E-state index contributed by atoms with van der Waals surface area (Å²) < 4.78 is 8.75. The van der Waals surface area contributed by atoms with Gasteiger partial charge in [-0.25, -0.2) is 13.9 Å². The molecule has 0 aromatic carbocycles. The van der Waals surface area contributed by atoms with Crippen molar-refractivity contribution in [3.63, 3.8) is 0 Å². The standard InChI is InChI=1S/C13H16N4O2/c18-13-16-11-3-6-14-10(11)1-2-12(16)15-17(13)9-4-7-19-8-5-9/h1-2,9,14H,3-8H2. The molecule has 2 aliphatic rings. The lowest BCUT2D eigenvalue weighted by Crippen LogP contribution is -2.30. The molecular formula is C13H16N4O2. The molecule has 6 heteroatoms. The second kappa shape index (κ2) is 4.09. The third kappa shape index (κ3) is 1.59. The molecule has 1 fully saturated rings. The molecule has 2 aromatic rings. The lowest BCUT2D eigenvalue weighted by Gasteiger charge is -2.20. The van der Waals surface area contributed by atoms with Crippen molar-refractivity contribution in [1.82, 2.24) is 14.2 Å². The van der Waals surface area contributed by atoms with Gasteiger partial charge in [0.25, 0.3) is 0 Å². The fourth-order valence-corrected chi connectivity index (χ4v) is 3.02. The summed E-state index contributed by atoms with van der Waals surface area (Å²) in [6, 6.07) is 4.10. The Bertz CT molecular complexity index is 682. The smallest absolute Gasteiger partial charge is 0.350 e. The quantitative estimate of drug-likeness (QED) is 0.824. The van der Waals surface area contributed by atoms with E-state index >= 15 is 0 Å². The van der Waals surface area contributed by atoms with E-state index in [2.05, 4.69) is 10.4 Å². The molecule has 0 atom stereocenters. The third-order valence-corrected chi connectivity index (χ3v) is 4.02. The van der Waals surface area contributed by atoms with Crippen LogP contribution in [0.15, 0.2) is 16.9 Å². The summed E-state index contributed by atoms with van der Waals surface area (Å²) in [4.78, 5) is 12.6. The van der Waals surface area contributed by atoms with Crippen LogP contribution < -0.4 is 11.0 Å². The summed E-state index contributed by atoms with van der Waals surface area (Å²) in [6.07, 6.45) is 2.61. The molecule has 0 radical (unpaired) electrons. The average Bonchev–Trinajstić information content (AvgIpc) is 3.04. The fourth-order valence-electron chi connectivity index (χ4n) is 3.02. The van der Waals surface area contributed by atoms with Gasteiger partial charge in [0.2, 0.25) is 0 Å². The maximum Gasteiger partial charge on any atom is 0.350 e. The van der Waals surface area contributed by atoms with Crippen LogP contribution in [0.4, 0.5) is 5.69 Å². The number of rotatable bonds is 1. The Morgan fingerprint density at radius 1 is 1.32 bits per heavy atom. The van der Waals surface area contributed by atoms with Gasteiger partial charge in [0.1, 0.15) is 0 Å². The van der Waals surface area contributed by atoms with Crippen molar-refractivity contribution in [3.8, 4) is 0 Å². The van der Waals surface area contributed by atoms with Crippen molar-refractivity contribution in [1.29, 1.82) is 0 Å². The Balaban J connectivity index is 1.89. The number of fused-ring (bicyclic) bond motifs is 3. The Labute approximate surface area is 110 Å². The molecule has 0 spiro atoms. The van der Waals surface area contributed by atoms with Gasteiger partial charge in [0.15, 0.2) is 5.65 Å². The normalized spacial score (nSPS) is 19.6. The molecule has 0 bridgehead atoms.